The third-order valence-electron chi connectivity index (χ3n) is 3.87. The lowest BCUT2D eigenvalue weighted by Gasteiger charge is -2.34. The van der Waals surface area contributed by atoms with E-state index in [0.717, 1.165) is 10.6 Å². The van der Waals surface area contributed by atoms with Crippen LogP contribution in [0.3, 0.4) is 0 Å². The third-order valence-corrected chi connectivity index (χ3v) is 6.83. The molecule has 0 radical (unpaired) electrons. The van der Waals surface area contributed by atoms with Crippen LogP contribution in [0.2, 0.25) is 4.47 Å². The van der Waals surface area contributed by atoms with Crippen LogP contribution >= 0.6 is 22.9 Å². The van der Waals surface area contributed by atoms with Crippen molar-refractivity contribution in [1.29, 1.82) is 0 Å². The second kappa shape index (κ2) is 7.59. The average molecular weight is 402 g/mol. The van der Waals surface area contributed by atoms with Crippen LogP contribution in [0.1, 0.15) is 18.7 Å². The molecule has 2 heterocycles. The SMILES string of the molecule is CC1CN(S(=O)(=O)c2ccc(NCc3cnc(Cl)s3)cc2)CC(C)O1. The van der Waals surface area contributed by atoms with E-state index in [0.29, 0.717) is 29.0 Å². The van der Waals surface area contributed by atoms with Crippen molar-refractivity contribution in [3.8, 4) is 0 Å². The lowest BCUT2D eigenvalue weighted by Crippen LogP contribution is -2.48. The van der Waals surface area contributed by atoms with Gasteiger partial charge in [0.2, 0.25) is 10.0 Å². The fourth-order valence-electron chi connectivity index (χ4n) is 2.78. The summed E-state index contributed by atoms with van der Waals surface area (Å²) in [7, 11) is -3.51. The van der Waals surface area contributed by atoms with Gasteiger partial charge >= 0.3 is 0 Å². The Morgan fingerprint density at radius 2 is 1.92 bits per heavy atom. The number of hydrogen-bond donors (Lipinski definition) is 1. The molecule has 2 atom stereocenters. The van der Waals surface area contributed by atoms with E-state index in [1.165, 1.54) is 15.6 Å². The van der Waals surface area contributed by atoms with Gasteiger partial charge in [0.25, 0.3) is 0 Å². The Morgan fingerprint density at radius 3 is 2.48 bits per heavy atom. The molecule has 6 nitrogen and oxygen atoms in total. The van der Waals surface area contributed by atoms with Crippen LogP contribution in [0.15, 0.2) is 35.4 Å². The van der Waals surface area contributed by atoms with Gasteiger partial charge < -0.3 is 10.1 Å². The molecule has 0 saturated carbocycles. The molecule has 1 aromatic heterocycles. The van der Waals surface area contributed by atoms with Crippen LogP contribution in [0.25, 0.3) is 0 Å². The lowest BCUT2D eigenvalue weighted by atomic mass is 10.3. The molecule has 0 aliphatic carbocycles. The molecule has 1 fully saturated rings. The smallest absolute Gasteiger partial charge is 0.243 e. The van der Waals surface area contributed by atoms with E-state index < -0.39 is 10.0 Å². The van der Waals surface area contributed by atoms with Crippen LogP contribution < -0.4 is 5.32 Å². The van der Waals surface area contributed by atoms with E-state index in [9.17, 15) is 8.42 Å². The number of benzene rings is 1. The third kappa shape index (κ3) is 4.51. The second-order valence-electron chi connectivity index (χ2n) is 6.04. The standard InChI is InChI=1S/C16H20ClN3O3S2/c1-11-9-20(10-12(2)23-11)25(21,22)15-5-3-13(4-6-15)18-7-14-8-19-16(17)24-14/h3-6,8,11-12,18H,7,9-10H2,1-2H3. The molecule has 2 unspecified atom stereocenters. The number of halogens is 1. The first-order valence-corrected chi connectivity index (χ1v) is 10.6. The quantitative estimate of drug-likeness (QED) is 0.832. The molecule has 25 heavy (non-hydrogen) atoms. The number of morpholine rings is 1. The highest BCUT2D eigenvalue weighted by molar-refractivity contribution is 7.89. The number of aromatic nitrogens is 1. The molecule has 0 bridgehead atoms. The maximum Gasteiger partial charge on any atom is 0.243 e. The van der Waals surface area contributed by atoms with Gasteiger partial charge in [-0.05, 0) is 38.1 Å². The summed E-state index contributed by atoms with van der Waals surface area (Å²) in [6.45, 7) is 5.11. The maximum absolute atomic E-state index is 12.8. The van der Waals surface area contributed by atoms with Gasteiger partial charge in [0.1, 0.15) is 0 Å². The minimum Gasteiger partial charge on any atom is -0.380 e. The predicted molar refractivity (Wildman–Crippen MR) is 99.7 cm³/mol. The second-order valence-corrected chi connectivity index (χ2v) is 9.67. The predicted octanol–water partition coefficient (Wildman–Crippen LogP) is 3.21. The first-order valence-electron chi connectivity index (χ1n) is 7.94. The summed E-state index contributed by atoms with van der Waals surface area (Å²) < 4.78 is 33.2. The highest BCUT2D eigenvalue weighted by atomic mass is 35.5. The zero-order valence-corrected chi connectivity index (χ0v) is 16.4. The number of nitrogens with zero attached hydrogens (tertiary/aromatic N) is 2. The number of ether oxygens (including phenoxy) is 1. The van der Waals surface area contributed by atoms with E-state index in [-0.39, 0.29) is 12.2 Å². The minimum absolute atomic E-state index is 0.106. The van der Waals surface area contributed by atoms with Gasteiger partial charge in [-0.2, -0.15) is 4.31 Å². The summed E-state index contributed by atoms with van der Waals surface area (Å²) in [5.41, 5.74) is 0.840. The zero-order valence-electron chi connectivity index (χ0n) is 14.0. The molecule has 1 saturated heterocycles. The zero-order chi connectivity index (χ0) is 18.0. The van der Waals surface area contributed by atoms with E-state index in [2.05, 4.69) is 10.3 Å². The van der Waals surface area contributed by atoms with Crippen molar-refractivity contribution >= 4 is 38.6 Å². The summed E-state index contributed by atoms with van der Waals surface area (Å²) in [5.74, 6) is 0. The number of thiazole rings is 1. The molecule has 1 aromatic carbocycles. The van der Waals surface area contributed by atoms with Crippen molar-refractivity contribution in [3.63, 3.8) is 0 Å². The number of rotatable bonds is 5. The topological polar surface area (TPSA) is 71.5 Å². The Kier molecular flexibility index (Phi) is 5.65. The lowest BCUT2D eigenvalue weighted by molar-refractivity contribution is -0.0440. The van der Waals surface area contributed by atoms with Gasteiger partial charge in [-0.3, -0.25) is 0 Å². The molecular weight excluding hydrogens is 382 g/mol. The van der Waals surface area contributed by atoms with E-state index in [4.69, 9.17) is 16.3 Å². The van der Waals surface area contributed by atoms with Crippen LogP contribution in [0.4, 0.5) is 5.69 Å². The molecule has 1 N–H and O–H groups in total. The van der Waals surface area contributed by atoms with Crippen molar-refractivity contribution in [2.75, 3.05) is 18.4 Å². The summed E-state index contributed by atoms with van der Waals surface area (Å²) in [6.07, 6.45) is 1.51. The molecule has 0 amide bonds. The van der Waals surface area contributed by atoms with E-state index in [1.54, 1.807) is 30.5 Å². The van der Waals surface area contributed by atoms with Gasteiger partial charge in [0.15, 0.2) is 4.47 Å². The number of nitrogens with one attached hydrogen (secondary N) is 1. The molecular formula is C16H20ClN3O3S2. The summed E-state index contributed by atoms with van der Waals surface area (Å²) in [5, 5.41) is 3.23. The fraction of sp³-hybridized carbons (Fsp3) is 0.438. The molecule has 3 rings (SSSR count). The van der Waals surface area contributed by atoms with Crippen molar-refractivity contribution in [1.82, 2.24) is 9.29 Å². The molecule has 1 aliphatic rings. The summed E-state index contributed by atoms with van der Waals surface area (Å²) in [6, 6.07) is 6.79. The Hall–Kier alpha value is -1.19. The van der Waals surface area contributed by atoms with Crippen LogP contribution in [0.5, 0.6) is 0 Å². The summed E-state index contributed by atoms with van der Waals surface area (Å²) in [4.78, 5) is 5.29. The largest absolute Gasteiger partial charge is 0.380 e. The van der Waals surface area contributed by atoms with Crippen molar-refractivity contribution in [2.24, 2.45) is 0 Å². The first kappa shape index (κ1) is 18.6. The van der Waals surface area contributed by atoms with Crippen LogP contribution in [-0.4, -0.2) is 43.0 Å². The van der Waals surface area contributed by atoms with Crippen LogP contribution in [-0.2, 0) is 21.3 Å². The molecule has 0 spiro atoms. The first-order chi connectivity index (χ1) is 11.8. The molecule has 2 aromatic rings. The Balaban J connectivity index is 1.68. The Bertz CT molecular complexity index is 813. The summed E-state index contributed by atoms with van der Waals surface area (Å²) >= 11 is 7.22. The molecule has 9 heteroatoms. The van der Waals surface area contributed by atoms with E-state index in [1.807, 2.05) is 13.8 Å². The number of anilines is 1. The van der Waals surface area contributed by atoms with Gasteiger partial charge in [-0.25, -0.2) is 13.4 Å². The normalized spacial score (nSPS) is 22.0. The highest BCUT2D eigenvalue weighted by Crippen LogP contribution is 2.23. The molecule has 136 valence electrons. The van der Waals surface area contributed by atoms with Gasteiger partial charge in [-0.15, -0.1) is 11.3 Å². The Labute approximate surface area is 156 Å². The maximum atomic E-state index is 12.8. The van der Waals surface area contributed by atoms with Crippen molar-refractivity contribution in [2.45, 2.75) is 37.5 Å². The fourth-order valence-corrected chi connectivity index (χ4v) is 5.28. The van der Waals surface area contributed by atoms with Gasteiger partial charge in [0, 0.05) is 29.9 Å². The van der Waals surface area contributed by atoms with Gasteiger partial charge in [0.05, 0.1) is 23.6 Å². The minimum atomic E-state index is -3.51. The number of sulfonamides is 1. The van der Waals surface area contributed by atoms with Crippen LogP contribution in [0, 0.1) is 0 Å². The molecule has 1 aliphatic heterocycles. The van der Waals surface area contributed by atoms with Crippen molar-refractivity contribution in [3.05, 3.63) is 39.8 Å². The van der Waals surface area contributed by atoms with Crippen molar-refractivity contribution < 1.29 is 13.2 Å². The average Bonchev–Trinajstić information content (AvgIpc) is 2.98. The monoisotopic (exact) mass is 401 g/mol. The van der Waals surface area contributed by atoms with E-state index >= 15 is 0 Å². The highest BCUT2D eigenvalue weighted by Gasteiger charge is 2.32. The Morgan fingerprint density at radius 1 is 1.28 bits per heavy atom. The van der Waals surface area contributed by atoms with Gasteiger partial charge in [-0.1, -0.05) is 11.6 Å². The number of hydrogen-bond acceptors (Lipinski definition) is 6.